The molecule has 6 heteroatoms. The molecular weight excluding hydrogens is 332 g/mol. The second kappa shape index (κ2) is 10.7. The summed E-state index contributed by atoms with van der Waals surface area (Å²) >= 11 is 0. The molecule has 0 bridgehead atoms. The van der Waals surface area contributed by atoms with E-state index in [2.05, 4.69) is 5.32 Å². The molecule has 2 rings (SSSR count). The third-order valence-corrected chi connectivity index (χ3v) is 4.73. The van der Waals surface area contributed by atoms with Crippen molar-refractivity contribution < 1.29 is 19.1 Å². The molecule has 1 saturated heterocycles. The molecule has 6 nitrogen and oxygen atoms in total. The molecule has 1 N–H and O–H groups in total. The number of methoxy groups -OCH3 is 2. The standard InChI is InChI=1S/C20H30N2O4/c1-25-17-8-9-18(26-2)16(15-17)7-10-19(23)21-12-11-20(24)22-13-5-3-4-6-14-22/h8-9,15H,3-7,10-14H2,1-2H3,(H,21,23). The molecule has 26 heavy (non-hydrogen) atoms. The van der Waals surface area contributed by atoms with Crippen LogP contribution >= 0.6 is 0 Å². The highest BCUT2D eigenvalue weighted by Crippen LogP contribution is 2.25. The first-order valence-electron chi connectivity index (χ1n) is 9.39. The Morgan fingerprint density at radius 3 is 2.42 bits per heavy atom. The van der Waals surface area contributed by atoms with Gasteiger partial charge in [-0.25, -0.2) is 0 Å². The zero-order chi connectivity index (χ0) is 18.8. The Labute approximate surface area is 155 Å². The molecule has 144 valence electrons. The van der Waals surface area contributed by atoms with Crippen LogP contribution in [-0.4, -0.2) is 50.6 Å². The van der Waals surface area contributed by atoms with Crippen LogP contribution < -0.4 is 14.8 Å². The number of benzene rings is 1. The summed E-state index contributed by atoms with van der Waals surface area (Å²) in [5.74, 6) is 1.57. The van der Waals surface area contributed by atoms with Crippen LogP contribution in [0.15, 0.2) is 18.2 Å². The highest BCUT2D eigenvalue weighted by Gasteiger charge is 2.15. The monoisotopic (exact) mass is 362 g/mol. The average molecular weight is 362 g/mol. The predicted molar refractivity (Wildman–Crippen MR) is 101 cm³/mol. The van der Waals surface area contributed by atoms with Crippen molar-refractivity contribution in [1.29, 1.82) is 0 Å². The fourth-order valence-electron chi connectivity index (χ4n) is 3.20. The number of hydrogen-bond acceptors (Lipinski definition) is 4. The predicted octanol–water partition coefficient (Wildman–Crippen LogP) is 2.55. The number of ether oxygens (including phenoxy) is 2. The molecule has 0 unspecified atom stereocenters. The van der Waals surface area contributed by atoms with E-state index in [4.69, 9.17) is 9.47 Å². The molecular formula is C20H30N2O4. The molecule has 2 amide bonds. The van der Waals surface area contributed by atoms with Crippen LogP contribution in [-0.2, 0) is 16.0 Å². The van der Waals surface area contributed by atoms with E-state index in [0.717, 1.165) is 43.0 Å². The van der Waals surface area contributed by atoms with Gasteiger partial charge < -0.3 is 19.7 Å². The van der Waals surface area contributed by atoms with Crippen LogP contribution in [0.3, 0.4) is 0 Å². The second-order valence-electron chi connectivity index (χ2n) is 6.57. The van der Waals surface area contributed by atoms with Crippen LogP contribution in [0.4, 0.5) is 0 Å². The maximum Gasteiger partial charge on any atom is 0.224 e. The van der Waals surface area contributed by atoms with Crippen molar-refractivity contribution in [3.8, 4) is 11.5 Å². The summed E-state index contributed by atoms with van der Waals surface area (Å²) in [4.78, 5) is 26.2. The zero-order valence-corrected chi connectivity index (χ0v) is 15.9. The topological polar surface area (TPSA) is 67.9 Å². The van der Waals surface area contributed by atoms with Crippen molar-refractivity contribution in [3.63, 3.8) is 0 Å². The fourth-order valence-corrected chi connectivity index (χ4v) is 3.20. The third-order valence-electron chi connectivity index (χ3n) is 4.73. The van der Waals surface area contributed by atoms with E-state index >= 15 is 0 Å². The Hall–Kier alpha value is -2.24. The average Bonchev–Trinajstić information content (AvgIpc) is 2.95. The van der Waals surface area contributed by atoms with E-state index < -0.39 is 0 Å². The number of rotatable bonds is 8. The number of likely N-dealkylation sites (tertiary alicyclic amines) is 1. The van der Waals surface area contributed by atoms with Gasteiger partial charge in [0.05, 0.1) is 14.2 Å². The number of nitrogens with zero attached hydrogens (tertiary/aromatic N) is 1. The number of carbonyl (C=O) groups is 2. The van der Waals surface area contributed by atoms with Gasteiger partial charge in [-0.2, -0.15) is 0 Å². The molecule has 0 radical (unpaired) electrons. The quantitative estimate of drug-likeness (QED) is 0.772. The molecule has 0 aliphatic carbocycles. The molecule has 1 fully saturated rings. The molecule has 1 heterocycles. The maximum absolute atomic E-state index is 12.2. The van der Waals surface area contributed by atoms with Gasteiger partial charge in [-0.3, -0.25) is 9.59 Å². The summed E-state index contributed by atoms with van der Waals surface area (Å²) in [6.45, 7) is 2.09. The second-order valence-corrected chi connectivity index (χ2v) is 6.57. The van der Waals surface area contributed by atoms with E-state index in [1.165, 1.54) is 12.8 Å². The summed E-state index contributed by atoms with van der Waals surface area (Å²) in [5.41, 5.74) is 0.933. The molecule has 0 aromatic heterocycles. The van der Waals surface area contributed by atoms with Gasteiger partial charge in [0, 0.05) is 32.5 Å². The lowest BCUT2D eigenvalue weighted by Gasteiger charge is -2.20. The van der Waals surface area contributed by atoms with Gasteiger partial charge in [0.1, 0.15) is 11.5 Å². The highest BCUT2D eigenvalue weighted by molar-refractivity contribution is 5.79. The van der Waals surface area contributed by atoms with E-state index in [-0.39, 0.29) is 11.8 Å². The first-order chi connectivity index (χ1) is 12.6. The van der Waals surface area contributed by atoms with Crippen molar-refractivity contribution in [2.24, 2.45) is 0 Å². The van der Waals surface area contributed by atoms with Crippen molar-refractivity contribution in [2.45, 2.75) is 44.9 Å². The molecule has 0 atom stereocenters. The van der Waals surface area contributed by atoms with E-state index in [0.29, 0.717) is 25.8 Å². The summed E-state index contributed by atoms with van der Waals surface area (Å²) < 4.78 is 10.6. The molecule has 0 spiro atoms. The molecule has 1 aromatic carbocycles. The minimum Gasteiger partial charge on any atom is -0.497 e. The number of hydrogen-bond donors (Lipinski definition) is 1. The van der Waals surface area contributed by atoms with Gasteiger partial charge in [-0.05, 0) is 43.0 Å². The Bertz CT molecular complexity index is 595. The maximum atomic E-state index is 12.2. The minimum atomic E-state index is -0.0569. The van der Waals surface area contributed by atoms with Crippen molar-refractivity contribution in [3.05, 3.63) is 23.8 Å². The lowest BCUT2D eigenvalue weighted by atomic mass is 10.1. The normalized spacial score (nSPS) is 14.5. The van der Waals surface area contributed by atoms with Gasteiger partial charge in [-0.1, -0.05) is 12.8 Å². The summed E-state index contributed by atoms with van der Waals surface area (Å²) in [5, 5.41) is 2.85. The van der Waals surface area contributed by atoms with Crippen molar-refractivity contribution in [1.82, 2.24) is 10.2 Å². The Morgan fingerprint density at radius 1 is 1.04 bits per heavy atom. The Balaban J connectivity index is 1.72. The SMILES string of the molecule is COc1ccc(OC)c(CCC(=O)NCCC(=O)N2CCCCCC2)c1. The van der Waals surface area contributed by atoms with Crippen LogP contribution in [0.1, 0.15) is 44.1 Å². The van der Waals surface area contributed by atoms with Crippen LogP contribution in [0.5, 0.6) is 11.5 Å². The van der Waals surface area contributed by atoms with Gasteiger partial charge >= 0.3 is 0 Å². The lowest BCUT2D eigenvalue weighted by molar-refractivity contribution is -0.131. The first kappa shape index (κ1) is 20.1. The van der Waals surface area contributed by atoms with E-state index in [1.807, 2.05) is 23.1 Å². The number of aryl methyl sites for hydroxylation is 1. The summed E-state index contributed by atoms with van der Waals surface area (Å²) in [7, 11) is 3.22. The molecule has 1 aliphatic rings. The zero-order valence-electron chi connectivity index (χ0n) is 15.9. The largest absolute Gasteiger partial charge is 0.497 e. The van der Waals surface area contributed by atoms with Crippen LogP contribution in [0.25, 0.3) is 0 Å². The van der Waals surface area contributed by atoms with Crippen molar-refractivity contribution in [2.75, 3.05) is 33.9 Å². The van der Waals surface area contributed by atoms with Crippen LogP contribution in [0, 0.1) is 0 Å². The smallest absolute Gasteiger partial charge is 0.224 e. The third kappa shape index (κ3) is 6.24. The van der Waals surface area contributed by atoms with E-state index in [1.54, 1.807) is 14.2 Å². The Morgan fingerprint density at radius 2 is 1.77 bits per heavy atom. The lowest BCUT2D eigenvalue weighted by Crippen LogP contribution is -2.35. The number of amides is 2. The van der Waals surface area contributed by atoms with Crippen LogP contribution in [0.2, 0.25) is 0 Å². The van der Waals surface area contributed by atoms with Gasteiger partial charge in [0.15, 0.2) is 0 Å². The van der Waals surface area contributed by atoms with Gasteiger partial charge in [0.2, 0.25) is 11.8 Å². The van der Waals surface area contributed by atoms with Gasteiger partial charge in [0.25, 0.3) is 0 Å². The summed E-state index contributed by atoms with van der Waals surface area (Å²) in [6.07, 6.45) is 5.85. The van der Waals surface area contributed by atoms with E-state index in [9.17, 15) is 9.59 Å². The number of carbonyl (C=O) groups excluding carboxylic acids is 2. The Kier molecular flexibility index (Phi) is 8.25. The van der Waals surface area contributed by atoms with Crippen molar-refractivity contribution >= 4 is 11.8 Å². The summed E-state index contributed by atoms with van der Waals surface area (Å²) in [6, 6.07) is 5.55. The van der Waals surface area contributed by atoms with Gasteiger partial charge in [-0.15, -0.1) is 0 Å². The molecule has 0 saturated carbocycles. The fraction of sp³-hybridized carbons (Fsp3) is 0.600. The minimum absolute atomic E-state index is 0.0569. The number of nitrogens with one attached hydrogen (secondary N) is 1. The highest BCUT2D eigenvalue weighted by atomic mass is 16.5. The first-order valence-corrected chi connectivity index (χ1v) is 9.39. The molecule has 1 aliphatic heterocycles. The molecule has 1 aromatic rings.